The predicted molar refractivity (Wildman–Crippen MR) is 74.1 cm³/mol. The van der Waals surface area contributed by atoms with Crippen molar-refractivity contribution in [1.29, 1.82) is 5.26 Å². The van der Waals surface area contributed by atoms with Gasteiger partial charge < -0.3 is 10.1 Å². The van der Waals surface area contributed by atoms with Crippen molar-refractivity contribution >= 4 is 22.9 Å². The number of H-pyrrole nitrogens is 1. The summed E-state index contributed by atoms with van der Waals surface area (Å²) < 4.78 is 5.25. The average Bonchev–Trinajstić information content (AvgIpc) is 2.97. The molecular weight excluding hydrogens is 280 g/mol. The van der Waals surface area contributed by atoms with Crippen LogP contribution in [-0.4, -0.2) is 27.7 Å². The number of aromatic amines is 1. The maximum atomic E-state index is 9.06. The van der Waals surface area contributed by atoms with Crippen LogP contribution in [0.15, 0.2) is 18.3 Å². The molecule has 0 aliphatic carbocycles. The van der Waals surface area contributed by atoms with E-state index in [-0.39, 0.29) is 11.4 Å². The van der Waals surface area contributed by atoms with Gasteiger partial charge in [-0.15, -0.1) is 10.2 Å². The van der Waals surface area contributed by atoms with Crippen molar-refractivity contribution in [3.63, 3.8) is 0 Å². The van der Waals surface area contributed by atoms with Gasteiger partial charge in [0.2, 0.25) is 5.82 Å². The van der Waals surface area contributed by atoms with Crippen molar-refractivity contribution < 1.29 is 4.74 Å². The third-order valence-corrected chi connectivity index (χ3v) is 2.97. The molecule has 0 spiro atoms. The van der Waals surface area contributed by atoms with Gasteiger partial charge in [-0.25, -0.2) is 0 Å². The summed E-state index contributed by atoms with van der Waals surface area (Å²) in [6.07, 6.45) is 1.47. The zero-order valence-corrected chi connectivity index (χ0v) is 11.6. The summed E-state index contributed by atoms with van der Waals surface area (Å²) in [7, 11) is 1.56. The van der Waals surface area contributed by atoms with E-state index < -0.39 is 0 Å². The number of halogens is 1. The molecule has 0 aliphatic rings. The molecule has 1 aromatic heterocycles. The first-order valence-corrected chi connectivity index (χ1v) is 5.98. The van der Waals surface area contributed by atoms with Crippen LogP contribution < -0.4 is 10.1 Å². The Morgan fingerprint density at radius 2 is 2.35 bits per heavy atom. The van der Waals surface area contributed by atoms with Gasteiger partial charge in [-0.3, -0.25) is 0 Å². The highest BCUT2D eigenvalue weighted by Gasteiger charge is 2.08. The summed E-state index contributed by atoms with van der Waals surface area (Å²) in [6.45, 7) is 1.88. The first-order chi connectivity index (χ1) is 9.65. The van der Waals surface area contributed by atoms with Crippen molar-refractivity contribution in [2.75, 3.05) is 12.4 Å². The summed E-state index contributed by atoms with van der Waals surface area (Å²) >= 11 is 6.07. The molecule has 0 fully saturated rings. The minimum atomic E-state index is 0.206. The zero-order chi connectivity index (χ0) is 14.5. The number of ether oxygens (including phenoxy) is 1. The number of aryl methyl sites for hydroxylation is 1. The summed E-state index contributed by atoms with van der Waals surface area (Å²) in [4.78, 5) is 0. The van der Waals surface area contributed by atoms with Gasteiger partial charge in [0.15, 0.2) is 0 Å². The van der Waals surface area contributed by atoms with E-state index in [2.05, 4.69) is 25.9 Å². The molecule has 1 aromatic carbocycles. The Morgan fingerprint density at radius 3 is 2.95 bits per heavy atom. The number of tetrazole rings is 1. The molecule has 1 heterocycles. The van der Waals surface area contributed by atoms with Crippen molar-refractivity contribution in [1.82, 2.24) is 20.6 Å². The third kappa shape index (κ3) is 2.87. The van der Waals surface area contributed by atoms with Crippen molar-refractivity contribution in [2.45, 2.75) is 6.92 Å². The second-order valence-electron chi connectivity index (χ2n) is 3.85. The van der Waals surface area contributed by atoms with E-state index in [0.29, 0.717) is 16.5 Å². The summed E-state index contributed by atoms with van der Waals surface area (Å²) in [6, 6.07) is 5.50. The minimum absolute atomic E-state index is 0.206. The van der Waals surface area contributed by atoms with Crippen LogP contribution >= 0.6 is 11.6 Å². The molecule has 2 rings (SSSR count). The van der Waals surface area contributed by atoms with Crippen LogP contribution in [0, 0.1) is 18.3 Å². The first kappa shape index (κ1) is 13.8. The number of nitrogens with one attached hydrogen (secondary N) is 2. The number of nitriles is 1. The Bertz CT molecular complexity index is 674. The highest BCUT2D eigenvalue weighted by atomic mass is 35.5. The Morgan fingerprint density at radius 1 is 1.55 bits per heavy atom. The number of allylic oxidation sites excluding steroid dienone is 1. The lowest BCUT2D eigenvalue weighted by atomic mass is 10.2. The molecular formula is C12H11ClN6O. The quantitative estimate of drug-likeness (QED) is 0.837. The summed E-state index contributed by atoms with van der Waals surface area (Å²) in [5, 5.41) is 25.8. The topological polar surface area (TPSA) is 99.5 Å². The maximum Gasteiger partial charge on any atom is 0.216 e. The van der Waals surface area contributed by atoms with Crippen LogP contribution in [0.2, 0.25) is 5.02 Å². The Hall–Kier alpha value is -2.59. The van der Waals surface area contributed by atoms with E-state index in [4.69, 9.17) is 21.6 Å². The maximum absolute atomic E-state index is 9.06. The number of benzene rings is 1. The number of anilines is 1. The normalized spacial score (nSPS) is 11.0. The summed E-state index contributed by atoms with van der Waals surface area (Å²) in [5.74, 6) is 0.825. The Kier molecular flexibility index (Phi) is 4.17. The van der Waals surface area contributed by atoms with Crippen LogP contribution in [-0.2, 0) is 0 Å². The Balaban J connectivity index is 2.30. The summed E-state index contributed by atoms with van der Waals surface area (Å²) in [5.41, 5.74) is 1.77. The zero-order valence-electron chi connectivity index (χ0n) is 10.8. The lowest BCUT2D eigenvalue weighted by Crippen LogP contribution is -1.96. The van der Waals surface area contributed by atoms with E-state index in [1.165, 1.54) is 6.20 Å². The predicted octanol–water partition coefficient (Wildman–Crippen LogP) is 2.15. The monoisotopic (exact) mass is 290 g/mol. The molecule has 2 aromatic rings. The van der Waals surface area contributed by atoms with Crippen LogP contribution in [0.3, 0.4) is 0 Å². The number of hydrogen-bond acceptors (Lipinski definition) is 6. The SMILES string of the molecule is COc1cc(C)c(Cl)cc1NC=C(C#N)c1nn[nH]n1. The fourth-order valence-corrected chi connectivity index (χ4v) is 1.67. The van der Waals surface area contributed by atoms with Crippen LogP contribution in [0.5, 0.6) is 5.75 Å². The number of rotatable bonds is 4. The highest BCUT2D eigenvalue weighted by Crippen LogP contribution is 2.31. The second-order valence-corrected chi connectivity index (χ2v) is 4.26. The molecule has 2 N–H and O–H groups in total. The van der Waals surface area contributed by atoms with Crippen molar-refractivity contribution in [2.24, 2.45) is 0 Å². The molecule has 0 unspecified atom stereocenters. The van der Waals surface area contributed by atoms with Gasteiger partial charge in [-0.05, 0) is 29.8 Å². The Labute approximate surface area is 120 Å². The smallest absolute Gasteiger partial charge is 0.216 e. The largest absolute Gasteiger partial charge is 0.495 e. The number of methoxy groups -OCH3 is 1. The lowest BCUT2D eigenvalue weighted by molar-refractivity contribution is 0.416. The molecule has 0 saturated heterocycles. The standard InChI is InChI=1S/C12H11ClN6O/c1-7-3-11(20-2)10(4-9(7)13)15-6-8(5-14)12-16-18-19-17-12/h3-4,6,15H,1-2H3,(H,16,17,18,19). The molecule has 0 atom stereocenters. The molecule has 0 bridgehead atoms. The third-order valence-electron chi connectivity index (χ3n) is 2.56. The van der Waals surface area contributed by atoms with E-state index in [1.54, 1.807) is 19.2 Å². The van der Waals surface area contributed by atoms with Crippen molar-refractivity contribution in [3.05, 3.63) is 34.7 Å². The molecule has 8 heteroatoms. The molecule has 7 nitrogen and oxygen atoms in total. The second kappa shape index (κ2) is 6.04. The molecule has 102 valence electrons. The molecule has 20 heavy (non-hydrogen) atoms. The van der Waals surface area contributed by atoms with Crippen LogP contribution in [0.1, 0.15) is 11.4 Å². The van der Waals surface area contributed by atoms with Crippen LogP contribution in [0.25, 0.3) is 5.57 Å². The van der Waals surface area contributed by atoms with E-state index in [1.807, 2.05) is 13.0 Å². The van der Waals surface area contributed by atoms with Gasteiger partial charge >= 0.3 is 0 Å². The van der Waals surface area contributed by atoms with E-state index in [0.717, 1.165) is 5.56 Å². The van der Waals surface area contributed by atoms with Gasteiger partial charge in [-0.1, -0.05) is 11.6 Å². The molecule has 0 saturated carbocycles. The molecule has 0 amide bonds. The number of aromatic nitrogens is 4. The average molecular weight is 291 g/mol. The highest BCUT2D eigenvalue weighted by molar-refractivity contribution is 6.31. The minimum Gasteiger partial charge on any atom is -0.495 e. The first-order valence-electron chi connectivity index (χ1n) is 5.60. The van der Waals surface area contributed by atoms with Crippen molar-refractivity contribution in [3.8, 4) is 11.8 Å². The number of hydrogen-bond donors (Lipinski definition) is 2. The number of nitrogens with zero attached hydrogens (tertiary/aromatic N) is 4. The van der Waals surface area contributed by atoms with Gasteiger partial charge in [0.1, 0.15) is 17.4 Å². The van der Waals surface area contributed by atoms with Gasteiger partial charge in [0.05, 0.1) is 12.8 Å². The molecule has 0 aliphatic heterocycles. The van der Waals surface area contributed by atoms with Gasteiger partial charge in [0, 0.05) is 11.2 Å². The van der Waals surface area contributed by atoms with Crippen LogP contribution in [0.4, 0.5) is 5.69 Å². The fourth-order valence-electron chi connectivity index (χ4n) is 1.51. The van der Waals surface area contributed by atoms with E-state index in [9.17, 15) is 0 Å². The molecule has 0 radical (unpaired) electrons. The lowest BCUT2D eigenvalue weighted by Gasteiger charge is -2.10. The van der Waals surface area contributed by atoms with Gasteiger partial charge in [-0.2, -0.15) is 10.5 Å². The van der Waals surface area contributed by atoms with Gasteiger partial charge in [0.25, 0.3) is 0 Å². The van der Waals surface area contributed by atoms with E-state index >= 15 is 0 Å². The fraction of sp³-hybridized carbons (Fsp3) is 0.167.